The number of imidazole rings is 1. The van der Waals surface area contributed by atoms with Crippen molar-refractivity contribution in [1.29, 1.82) is 0 Å². The number of rotatable bonds is 6. The van der Waals surface area contributed by atoms with E-state index in [1.165, 1.54) is 6.07 Å². The number of hydrazine groups is 1. The quantitative estimate of drug-likeness (QED) is 0.151. The van der Waals surface area contributed by atoms with Gasteiger partial charge in [-0.25, -0.2) is 9.37 Å². The minimum atomic E-state index is -0.233. The summed E-state index contributed by atoms with van der Waals surface area (Å²) in [6.07, 6.45) is 1.94. The van der Waals surface area contributed by atoms with Gasteiger partial charge in [0.2, 0.25) is 5.95 Å². The summed E-state index contributed by atoms with van der Waals surface area (Å²) in [5.74, 6) is 0.361. The summed E-state index contributed by atoms with van der Waals surface area (Å²) in [4.78, 5) is 11.6. The molecule has 2 heterocycles. The number of fused-ring (bicyclic) bond motifs is 2. The van der Waals surface area contributed by atoms with Crippen LogP contribution < -0.4 is 16.2 Å². The number of aromatic nitrogens is 3. The van der Waals surface area contributed by atoms with E-state index in [0.29, 0.717) is 16.5 Å². The molecule has 6 nitrogen and oxygen atoms in total. The molecule has 0 aliphatic carbocycles. The first-order valence-electron chi connectivity index (χ1n) is 11.4. The maximum Gasteiger partial charge on any atom is 0.205 e. The highest BCUT2D eigenvalue weighted by atomic mass is 35.5. The number of aromatic amines is 2. The number of halogens is 2. The summed E-state index contributed by atoms with van der Waals surface area (Å²) >= 11 is 5.98. The summed E-state index contributed by atoms with van der Waals surface area (Å²) < 4.78 is 13.7. The zero-order chi connectivity index (χ0) is 24.6. The van der Waals surface area contributed by atoms with Gasteiger partial charge in [-0.3, -0.25) is 5.43 Å². The highest BCUT2D eigenvalue weighted by molar-refractivity contribution is 6.30. The molecule has 4 aromatic carbocycles. The lowest BCUT2D eigenvalue weighted by atomic mass is 10.0. The molecule has 0 spiro atoms. The fourth-order valence-electron chi connectivity index (χ4n) is 4.32. The van der Waals surface area contributed by atoms with Gasteiger partial charge in [-0.1, -0.05) is 41.9 Å². The van der Waals surface area contributed by atoms with Crippen LogP contribution in [0.15, 0.2) is 85.1 Å². The molecule has 0 saturated carbocycles. The summed E-state index contributed by atoms with van der Waals surface area (Å²) in [5.41, 5.74) is 14.4. The van der Waals surface area contributed by atoms with Crippen LogP contribution in [0.3, 0.4) is 0 Å². The smallest absolute Gasteiger partial charge is 0.205 e. The van der Waals surface area contributed by atoms with E-state index in [1.54, 1.807) is 19.1 Å². The molecule has 0 fully saturated rings. The molecule has 0 radical (unpaired) electrons. The largest absolute Gasteiger partial charge is 0.359 e. The van der Waals surface area contributed by atoms with Gasteiger partial charge >= 0.3 is 0 Å². The Morgan fingerprint density at radius 2 is 1.64 bits per heavy atom. The Morgan fingerprint density at radius 1 is 0.861 bits per heavy atom. The predicted molar refractivity (Wildman–Crippen MR) is 147 cm³/mol. The second-order valence-corrected chi connectivity index (χ2v) is 9.00. The van der Waals surface area contributed by atoms with Crippen LogP contribution in [0.1, 0.15) is 5.56 Å². The summed E-state index contributed by atoms with van der Waals surface area (Å²) in [7, 11) is 0. The van der Waals surface area contributed by atoms with Gasteiger partial charge in [0.05, 0.1) is 27.9 Å². The maximum atomic E-state index is 13.7. The minimum absolute atomic E-state index is 0.233. The lowest BCUT2D eigenvalue weighted by Gasteiger charge is -2.09. The molecule has 6 rings (SSSR count). The number of benzene rings is 4. The SMILES string of the molecule is Cc1cc(Nc2nc3c(-c4cccc5c(NNc6ccc(Cl)cc6)c[nH]c45)cccc3[nH]2)ccc1F. The van der Waals surface area contributed by atoms with E-state index in [-0.39, 0.29) is 5.82 Å². The van der Waals surface area contributed by atoms with Crippen molar-refractivity contribution < 1.29 is 4.39 Å². The Morgan fingerprint density at radius 3 is 2.47 bits per heavy atom. The van der Waals surface area contributed by atoms with Crippen LogP contribution >= 0.6 is 11.6 Å². The van der Waals surface area contributed by atoms with Crippen molar-refractivity contribution in [2.24, 2.45) is 0 Å². The normalized spacial score (nSPS) is 11.2. The Hall–Kier alpha value is -4.49. The third-order valence-corrected chi connectivity index (χ3v) is 6.38. The van der Waals surface area contributed by atoms with Crippen LogP contribution in [0.25, 0.3) is 33.1 Å². The summed E-state index contributed by atoms with van der Waals surface area (Å²) in [6, 6.07) is 24.6. The van der Waals surface area contributed by atoms with Gasteiger partial charge in [-0.15, -0.1) is 0 Å². The van der Waals surface area contributed by atoms with Crippen LogP contribution in [0.5, 0.6) is 0 Å². The topological polar surface area (TPSA) is 80.6 Å². The number of nitrogens with zero attached hydrogens (tertiary/aromatic N) is 1. The van der Waals surface area contributed by atoms with Crippen LogP contribution in [0.4, 0.5) is 27.4 Å². The molecule has 36 heavy (non-hydrogen) atoms. The second-order valence-electron chi connectivity index (χ2n) is 8.56. The van der Waals surface area contributed by atoms with Gasteiger partial charge in [0.25, 0.3) is 0 Å². The van der Waals surface area contributed by atoms with Crippen molar-refractivity contribution in [3.05, 3.63) is 101 Å². The predicted octanol–water partition coefficient (Wildman–Crippen LogP) is 7.99. The zero-order valence-electron chi connectivity index (χ0n) is 19.3. The van der Waals surface area contributed by atoms with E-state index in [0.717, 1.165) is 50.1 Å². The number of hydrogen-bond acceptors (Lipinski definition) is 4. The van der Waals surface area contributed by atoms with Crippen LogP contribution in [0.2, 0.25) is 5.02 Å². The zero-order valence-corrected chi connectivity index (χ0v) is 20.0. The third kappa shape index (κ3) is 4.10. The third-order valence-electron chi connectivity index (χ3n) is 6.12. The van der Waals surface area contributed by atoms with E-state index >= 15 is 0 Å². The Kier molecular flexibility index (Phi) is 5.47. The molecule has 0 atom stereocenters. The van der Waals surface area contributed by atoms with Gasteiger partial charge in [-0.2, -0.15) is 0 Å². The van der Waals surface area contributed by atoms with Gasteiger partial charge in [0.1, 0.15) is 5.82 Å². The van der Waals surface area contributed by atoms with Crippen molar-refractivity contribution in [1.82, 2.24) is 15.0 Å². The first-order chi connectivity index (χ1) is 17.5. The molecule has 5 N–H and O–H groups in total. The fraction of sp³-hybridized carbons (Fsp3) is 0.0357. The first kappa shape index (κ1) is 22.0. The number of nitrogens with one attached hydrogen (secondary N) is 5. The number of hydrogen-bond donors (Lipinski definition) is 5. The van der Waals surface area contributed by atoms with Gasteiger partial charge in [-0.05, 0) is 61.0 Å². The monoisotopic (exact) mass is 496 g/mol. The highest BCUT2D eigenvalue weighted by Crippen LogP contribution is 2.36. The lowest BCUT2D eigenvalue weighted by molar-refractivity contribution is 0.619. The van der Waals surface area contributed by atoms with E-state index < -0.39 is 0 Å². The van der Waals surface area contributed by atoms with Crippen LogP contribution in [0, 0.1) is 12.7 Å². The van der Waals surface area contributed by atoms with E-state index in [1.807, 2.05) is 48.7 Å². The highest BCUT2D eigenvalue weighted by Gasteiger charge is 2.14. The van der Waals surface area contributed by atoms with Crippen molar-refractivity contribution in [3.63, 3.8) is 0 Å². The Balaban J connectivity index is 1.33. The number of para-hydroxylation sites is 2. The van der Waals surface area contributed by atoms with Crippen LogP contribution in [-0.4, -0.2) is 15.0 Å². The molecule has 0 bridgehead atoms. The van der Waals surface area contributed by atoms with Crippen LogP contribution in [-0.2, 0) is 0 Å². The molecule has 6 aromatic rings. The molecule has 8 heteroatoms. The van der Waals surface area contributed by atoms with E-state index in [4.69, 9.17) is 16.6 Å². The average Bonchev–Trinajstić information content (AvgIpc) is 3.49. The maximum absolute atomic E-state index is 13.7. The Bertz CT molecular complexity index is 1700. The standard InChI is InChI=1S/C28H22ClFN6/c1-16-14-19(12-13-23(16)30)32-28-33-24-7-3-5-21(27(24)34-28)20-4-2-6-22-25(15-31-26(20)22)36-35-18-10-8-17(29)9-11-18/h2-15,31,35-36H,1H3,(H2,32,33,34). The number of aryl methyl sites for hydroxylation is 1. The molecule has 0 unspecified atom stereocenters. The Labute approximate surface area is 211 Å². The lowest BCUT2D eigenvalue weighted by Crippen LogP contribution is -2.07. The van der Waals surface area contributed by atoms with E-state index in [9.17, 15) is 4.39 Å². The van der Waals surface area contributed by atoms with Gasteiger partial charge < -0.3 is 20.7 Å². The molecule has 0 aliphatic heterocycles. The summed E-state index contributed by atoms with van der Waals surface area (Å²) in [5, 5.41) is 4.98. The number of H-pyrrole nitrogens is 2. The molecular formula is C28H22ClFN6. The van der Waals surface area contributed by atoms with Crippen molar-refractivity contribution in [2.75, 3.05) is 16.2 Å². The molecule has 0 aliphatic rings. The fourth-order valence-corrected chi connectivity index (χ4v) is 4.45. The average molecular weight is 497 g/mol. The van der Waals surface area contributed by atoms with Gasteiger partial charge in [0, 0.05) is 33.4 Å². The minimum Gasteiger partial charge on any atom is -0.359 e. The van der Waals surface area contributed by atoms with Gasteiger partial charge in [0.15, 0.2) is 0 Å². The first-order valence-corrected chi connectivity index (χ1v) is 11.8. The molecule has 2 aromatic heterocycles. The molecule has 178 valence electrons. The second kappa shape index (κ2) is 8.94. The van der Waals surface area contributed by atoms with Crippen molar-refractivity contribution >= 4 is 56.5 Å². The molecule has 0 saturated heterocycles. The number of anilines is 4. The van der Waals surface area contributed by atoms with Crippen molar-refractivity contribution in [2.45, 2.75) is 6.92 Å². The van der Waals surface area contributed by atoms with E-state index in [2.05, 4.69) is 44.3 Å². The van der Waals surface area contributed by atoms with Crippen molar-refractivity contribution in [3.8, 4) is 11.1 Å². The molecular weight excluding hydrogens is 475 g/mol. The summed E-state index contributed by atoms with van der Waals surface area (Å²) in [6.45, 7) is 1.74. The molecule has 0 amide bonds.